The number of rotatable bonds is 7. The molecule has 1 unspecified atom stereocenters. The molecule has 1 aromatic carbocycles. The number of nitrogens with one attached hydrogen (secondary N) is 2. The van der Waals surface area contributed by atoms with Gasteiger partial charge in [0.2, 0.25) is 15.9 Å². The van der Waals surface area contributed by atoms with Crippen molar-refractivity contribution in [2.75, 3.05) is 12.8 Å². The summed E-state index contributed by atoms with van der Waals surface area (Å²) in [7, 11) is -3.47. The SMILES string of the molecule is CC(C)c1ccc(C(N)CNC(=O)C(C)(C)NS(C)(=O)=O)cc1.Cl. The van der Waals surface area contributed by atoms with Crippen LogP contribution in [0.1, 0.15) is 50.8 Å². The fourth-order valence-electron chi connectivity index (χ4n) is 2.18. The summed E-state index contributed by atoms with van der Waals surface area (Å²) in [6.07, 6.45) is 1.02. The molecule has 1 aromatic rings. The number of hydrogen-bond donors (Lipinski definition) is 3. The monoisotopic (exact) mass is 377 g/mol. The van der Waals surface area contributed by atoms with Crippen molar-refractivity contribution in [3.63, 3.8) is 0 Å². The average molecular weight is 378 g/mol. The first-order valence-electron chi connectivity index (χ1n) is 7.55. The van der Waals surface area contributed by atoms with Crippen LogP contribution in [0.15, 0.2) is 24.3 Å². The Hall–Kier alpha value is -1.15. The van der Waals surface area contributed by atoms with E-state index < -0.39 is 21.5 Å². The van der Waals surface area contributed by atoms with Crippen LogP contribution in [0.5, 0.6) is 0 Å². The molecule has 0 saturated carbocycles. The molecule has 138 valence electrons. The molecular weight excluding hydrogens is 350 g/mol. The second-order valence-electron chi connectivity index (χ2n) is 6.64. The molecule has 0 aromatic heterocycles. The maximum Gasteiger partial charge on any atom is 0.240 e. The van der Waals surface area contributed by atoms with Gasteiger partial charge in [0, 0.05) is 12.6 Å². The Morgan fingerprint density at radius 2 is 1.62 bits per heavy atom. The molecule has 6 nitrogen and oxygen atoms in total. The molecule has 0 fully saturated rings. The number of carbonyl (C=O) groups is 1. The highest BCUT2D eigenvalue weighted by Crippen LogP contribution is 2.17. The van der Waals surface area contributed by atoms with E-state index in [0.717, 1.165) is 11.8 Å². The zero-order valence-electron chi connectivity index (χ0n) is 14.8. The average Bonchev–Trinajstić information content (AvgIpc) is 2.41. The molecule has 1 rings (SSSR count). The number of carbonyl (C=O) groups excluding carboxylic acids is 1. The molecule has 0 radical (unpaired) electrons. The van der Waals surface area contributed by atoms with Crippen LogP contribution in [0, 0.1) is 0 Å². The topological polar surface area (TPSA) is 101 Å². The van der Waals surface area contributed by atoms with Crippen molar-refractivity contribution in [3.05, 3.63) is 35.4 Å². The van der Waals surface area contributed by atoms with Crippen molar-refractivity contribution < 1.29 is 13.2 Å². The van der Waals surface area contributed by atoms with Crippen molar-refractivity contribution in [2.24, 2.45) is 5.73 Å². The van der Waals surface area contributed by atoms with Crippen molar-refractivity contribution in [3.8, 4) is 0 Å². The van der Waals surface area contributed by atoms with E-state index in [2.05, 4.69) is 23.9 Å². The van der Waals surface area contributed by atoms with Gasteiger partial charge < -0.3 is 11.1 Å². The fourth-order valence-corrected chi connectivity index (χ4v) is 3.20. The van der Waals surface area contributed by atoms with E-state index in [9.17, 15) is 13.2 Å². The maximum atomic E-state index is 12.1. The van der Waals surface area contributed by atoms with Gasteiger partial charge in [-0.3, -0.25) is 4.79 Å². The van der Waals surface area contributed by atoms with Gasteiger partial charge in [-0.05, 0) is 30.9 Å². The summed E-state index contributed by atoms with van der Waals surface area (Å²) < 4.78 is 24.9. The predicted molar refractivity (Wildman–Crippen MR) is 99.8 cm³/mol. The second kappa shape index (κ2) is 8.80. The van der Waals surface area contributed by atoms with Gasteiger partial charge in [-0.2, -0.15) is 0 Å². The van der Waals surface area contributed by atoms with E-state index >= 15 is 0 Å². The molecule has 0 aliphatic heterocycles. The lowest BCUT2D eigenvalue weighted by Crippen LogP contribution is -2.55. The minimum Gasteiger partial charge on any atom is -0.353 e. The van der Waals surface area contributed by atoms with Crippen LogP contribution in [0.4, 0.5) is 0 Å². The molecule has 0 aliphatic rings. The first kappa shape index (κ1) is 22.9. The Balaban J connectivity index is 0.00000529. The third-order valence-electron chi connectivity index (χ3n) is 3.52. The van der Waals surface area contributed by atoms with E-state index in [0.29, 0.717) is 5.92 Å². The smallest absolute Gasteiger partial charge is 0.240 e. The minimum atomic E-state index is -3.47. The standard InChI is InChI=1S/C16H27N3O3S.ClH/c1-11(2)12-6-8-13(9-7-12)14(17)10-18-15(20)16(3,4)19-23(5,21)22;/h6-9,11,14,19H,10,17H2,1-5H3,(H,18,20);1H. The Bertz CT molecular complexity index is 643. The Labute approximate surface area is 151 Å². The van der Waals surface area contributed by atoms with E-state index in [4.69, 9.17) is 5.73 Å². The van der Waals surface area contributed by atoms with Gasteiger partial charge in [-0.1, -0.05) is 38.1 Å². The summed E-state index contributed by atoms with van der Waals surface area (Å²) in [6, 6.07) is 7.60. The first-order valence-corrected chi connectivity index (χ1v) is 9.44. The van der Waals surface area contributed by atoms with Crippen LogP contribution in [0.25, 0.3) is 0 Å². The summed E-state index contributed by atoms with van der Waals surface area (Å²) in [4.78, 5) is 12.1. The molecule has 0 heterocycles. The predicted octanol–water partition coefficient (Wildman–Crippen LogP) is 1.68. The zero-order valence-corrected chi connectivity index (χ0v) is 16.4. The molecule has 1 amide bonds. The van der Waals surface area contributed by atoms with Crippen molar-refractivity contribution >= 4 is 28.3 Å². The Morgan fingerprint density at radius 1 is 1.17 bits per heavy atom. The van der Waals surface area contributed by atoms with Crippen LogP contribution in [-0.4, -0.2) is 32.7 Å². The van der Waals surface area contributed by atoms with Crippen LogP contribution < -0.4 is 15.8 Å². The summed E-state index contributed by atoms with van der Waals surface area (Å²) >= 11 is 0. The van der Waals surface area contributed by atoms with E-state index in [1.807, 2.05) is 24.3 Å². The summed E-state index contributed by atoms with van der Waals surface area (Å²) in [6.45, 7) is 7.48. The van der Waals surface area contributed by atoms with Crippen molar-refractivity contribution in [1.82, 2.24) is 10.0 Å². The van der Waals surface area contributed by atoms with Gasteiger partial charge in [0.1, 0.15) is 5.54 Å². The van der Waals surface area contributed by atoms with Gasteiger partial charge in [0.25, 0.3) is 0 Å². The molecule has 24 heavy (non-hydrogen) atoms. The van der Waals surface area contributed by atoms with Crippen LogP contribution in [0.3, 0.4) is 0 Å². The Morgan fingerprint density at radius 3 is 2.04 bits per heavy atom. The van der Waals surface area contributed by atoms with Crippen LogP contribution in [0.2, 0.25) is 0 Å². The Kier molecular flexibility index (Phi) is 8.38. The van der Waals surface area contributed by atoms with Gasteiger partial charge in [-0.25, -0.2) is 13.1 Å². The van der Waals surface area contributed by atoms with E-state index in [-0.39, 0.29) is 25.0 Å². The number of hydrogen-bond acceptors (Lipinski definition) is 4. The summed E-state index contributed by atoms with van der Waals surface area (Å²) in [5.41, 5.74) is 7.00. The molecule has 1 atom stereocenters. The number of nitrogens with two attached hydrogens (primary N) is 1. The number of sulfonamides is 1. The highest BCUT2D eigenvalue weighted by Gasteiger charge is 2.30. The maximum absolute atomic E-state index is 12.1. The molecule has 8 heteroatoms. The molecule has 0 bridgehead atoms. The number of amides is 1. The highest BCUT2D eigenvalue weighted by molar-refractivity contribution is 7.88. The quantitative estimate of drug-likeness (QED) is 0.672. The molecule has 4 N–H and O–H groups in total. The number of benzene rings is 1. The minimum absolute atomic E-state index is 0. The molecular formula is C16H28ClN3O3S. The first-order chi connectivity index (χ1) is 10.4. The zero-order chi connectivity index (χ0) is 17.8. The molecule has 0 spiro atoms. The third-order valence-corrected chi connectivity index (χ3v) is 4.40. The molecule has 0 saturated heterocycles. The largest absolute Gasteiger partial charge is 0.353 e. The lowest BCUT2D eigenvalue weighted by molar-refractivity contribution is -0.125. The third kappa shape index (κ3) is 7.17. The van der Waals surface area contributed by atoms with Crippen molar-refractivity contribution in [2.45, 2.75) is 45.2 Å². The molecule has 0 aliphatic carbocycles. The summed E-state index contributed by atoms with van der Waals surface area (Å²) in [5, 5.41) is 2.69. The van der Waals surface area contributed by atoms with Crippen LogP contribution in [-0.2, 0) is 14.8 Å². The van der Waals surface area contributed by atoms with E-state index in [1.165, 1.54) is 19.4 Å². The van der Waals surface area contributed by atoms with Gasteiger partial charge in [0.05, 0.1) is 6.26 Å². The fraction of sp³-hybridized carbons (Fsp3) is 0.562. The summed E-state index contributed by atoms with van der Waals surface area (Å²) in [5.74, 6) is 0.0278. The van der Waals surface area contributed by atoms with Gasteiger partial charge in [-0.15, -0.1) is 12.4 Å². The van der Waals surface area contributed by atoms with Gasteiger partial charge >= 0.3 is 0 Å². The number of halogens is 1. The lowest BCUT2D eigenvalue weighted by atomic mass is 9.99. The van der Waals surface area contributed by atoms with Crippen LogP contribution >= 0.6 is 12.4 Å². The lowest BCUT2D eigenvalue weighted by Gasteiger charge is -2.25. The van der Waals surface area contributed by atoms with E-state index in [1.54, 1.807) is 0 Å². The van der Waals surface area contributed by atoms with Crippen molar-refractivity contribution in [1.29, 1.82) is 0 Å². The second-order valence-corrected chi connectivity index (χ2v) is 8.39. The van der Waals surface area contributed by atoms with Gasteiger partial charge in [0.15, 0.2) is 0 Å². The highest BCUT2D eigenvalue weighted by atomic mass is 35.5. The normalized spacial score (nSPS) is 13.3.